The molecule has 1 aromatic rings. The fourth-order valence-corrected chi connectivity index (χ4v) is 3.09. The van der Waals surface area contributed by atoms with Crippen molar-refractivity contribution in [2.75, 3.05) is 19.6 Å². The van der Waals surface area contributed by atoms with E-state index in [2.05, 4.69) is 37.6 Å². The molecule has 0 aliphatic carbocycles. The number of hydrogen-bond acceptors (Lipinski definition) is 4. The molecule has 1 N–H and O–H groups in total. The van der Waals surface area contributed by atoms with Crippen molar-refractivity contribution in [1.82, 2.24) is 9.88 Å². The Morgan fingerprint density at radius 1 is 1.40 bits per heavy atom. The largest absolute Gasteiger partial charge is 0.478 e. The number of aliphatic carboxylic acids is 1. The van der Waals surface area contributed by atoms with Gasteiger partial charge in [0.15, 0.2) is 0 Å². The minimum atomic E-state index is -0.919. The molecule has 0 saturated carbocycles. The number of nitrogens with zero attached hydrogens (tertiary/aromatic N) is 2. The van der Waals surface area contributed by atoms with Gasteiger partial charge in [-0.05, 0) is 25.1 Å². The van der Waals surface area contributed by atoms with Crippen LogP contribution in [0, 0.1) is 0 Å². The molecule has 0 atom stereocenters. The molecule has 112 valence electrons. The van der Waals surface area contributed by atoms with E-state index in [1.165, 1.54) is 6.08 Å². The van der Waals surface area contributed by atoms with Crippen molar-refractivity contribution in [3.63, 3.8) is 0 Å². The number of aromatic nitrogens is 1. The Bertz CT molecular complexity index is 462. The summed E-state index contributed by atoms with van der Waals surface area (Å²) >= 11 is 1.60. The first kappa shape index (κ1) is 16.9. The zero-order valence-corrected chi connectivity index (χ0v) is 13.5. The van der Waals surface area contributed by atoms with Crippen molar-refractivity contribution in [3.8, 4) is 0 Å². The van der Waals surface area contributed by atoms with Gasteiger partial charge in [0.1, 0.15) is 0 Å². The number of carboxylic acids is 1. The van der Waals surface area contributed by atoms with Gasteiger partial charge >= 0.3 is 5.97 Å². The molecule has 1 heterocycles. The zero-order chi connectivity index (χ0) is 15.1. The van der Waals surface area contributed by atoms with Crippen LogP contribution in [-0.4, -0.2) is 40.6 Å². The van der Waals surface area contributed by atoms with E-state index in [0.717, 1.165) is 41.6 Å². The van der Waals surface area contributed by atoms with Gasteiger partial charge in [0.2, 0.25) is 0 Å². The predicted molar refractivity (Wildman–Crippen MR) is 84.4 cm³/mol. The molecule has 0 spiro atoms. The van der Waals surface area contributed by atoms with Crippen molar-refractivity contribution in [2.45, 2.75) is 40.0 Å². The predicted octanol–water partition coefficient (Wildman–Crippen LogP) is 3.25. The number of thiazole rings is 1. The number of rotatable bonds is 8. The zero-order valence-electron chi connectivity index (χ0n) is 12.7. The van der Waals surface area contributed by atoms with Crippen molar-refractivity contribution < 1.29 is 9.90 Å². The van der Waals surface area contributed by atoms with Crippen LogP contribution >= 0.6 is 11.3 Å². The molecule has 5 heteroatoms. The third-order valence-electron chi connectivity index (χ3n) is 3.19. The van der Waals surface area contributed by atoms with Gasteiger partial charge in [0.25, 0.3) is 0 Å². The minimum Gasteiger partial charge on any atom is -0.478 e. The van der Waals surface area contributed by atoms with E-state index >= 15 is 0 Å². The average molecular weight is 296 g/mol. The molecule has 0 fully saturated rings. The van der Waals surface area contributed by atoms with Crippen molar-refractivity contribution in [2.24, 2.45) is 0 Å². The van der Waals surface area contributed by atoms with Gasteiger partial charge in [0.05, 0.1) is 15.6 Å². The summed E-state index contributed by atoms with van der Waals surface area (Å²) in [4.78, 5) is 18.7. The summed E-state index contributed by atoms with van der Waals surface area (Å²) in [7, 11) is 0. The number of hydrogen-bond donors (Lipinski definition) is 1. The summed E-state index contributed by atoms with van der Waals surface area (Å²) in [5, 5.41) is 9.83. The molecule has 0 aromatic carbocycles. The molecule has 20 heavy (non-hydrogen) atoms. The normalized spacial score (nSPS) is 11.9. The average Bonchev–Trinajstić information content (AvgIpc) is 2.81. The maximum absolute atomic E-state index is 10.6. The van der Waals surface area contributed by atoms with Gasteiger partial charge < -0.3 is 10.0 Å². The van der Waals surface area contributed by atoms with E-state index in [0.29, 0.717) is 5.92 Å². The lowest BCUT2D eigenvalue weighted by Crippen LogP contribution is -2.25. The second kappa shape index (κ2) is 8.17. The molecule has 0 radical (unpaired) electrons. The smallest absolute Gasteiger partial charge is 0.328 e. The lowest BCUT2D eigenvalue weighted by Gasteiger charge is -2.16. The highest BCUT2D eigenvalue weighted by molar-refractivity contribution is 7.12. The highest BCUT2D eigenvalue weighted by Gasteiger charge is 2.13. The van der Waals surface area contributed by atoms with Crippen molar-refractivity contribution in [1.29, 1.82) is 0 Å². The van der Waals surface area contributed by atoms with Gasteiger partial charge in [-0.25, -0.2) is 9.78 Å². The monoisotopic (exact) mass is 296 g/mol. The quantitative estimate of drug-likeness (QED) is 0.748. The van der Waals surface area contributed by atoms with Crippen molar-refractivity contribution in [3.05, 3.63) is 21.7 Å². The lowest BCUT2D eigenvalue weighted by atomic mass is 10.1. The maximum Gasteiger partial charge on any atom is 0.328 e. The molecule has 0 bridgehead atoms. The number of carbonyl (C=O) groups is 1. The molecule has 1 aromatic heterocycles. The third kappa shape index (κ3) is 5.06. The molecule has 1 rings (SSSR count). The summed E-state index contributed by atoms with van der Waals surface area (Å²) < 4.78 is 0. The van der Waals surface area contributed by atoms with Crippen LogP contribution in [0.1, 0.15) is 49.2 Å². The molecule has 4 nitrogen and oxygen atoms in total. The van der Waals surface area contributed by atoms with Crippen LogP contribution in [-0.2, 0) is 11.2 Å². The summed E-state index contributed by atoms with van der Waals surface area (Å²) in [5.74, 6) is -0.611. The molecule has 0 aliphatic rings. The van der Waals surface area contributed by atoms with Crippen molar-refractivity contribution >= 4 is 23.4 Å². The summed E-state index contributed by atoms with van der Waals surface area (Å²) in [5.41, 5.74) is 1.00. The maximum atomic E-state index is 10.6. The highest BCUT2D eigenvalue weighted by atomic mass is 32.1. The second-order valence-corrected chi connectivity index (χ2v) is 6.08. The Labute approximate surface area is 125 Å². The van der Waals surface area contributed by atoms with E-state index in [1.807, 2.05) is 0 Å². The Hall–Kier alpha value is -1.20. The SMILES string of the molecule is CCN(CC)CCc1nc(C(C)C)c(/C=C/C(=O)O)s1. The molecular weight excluding hydrogens is 272 g/mol. The fraction of sp³-hybridized carbons (Fsp3) is 0.600. The van der Waals surface area contributed by atoms with Crippen LogP contribution in [0.2, 0.25) is 0 Å². The van der Waals surface area contributed by atoms with Gasteiger partial charge in [-0.2, -0.15) is 0 Å². The Morgan fingerprint density at radius 3 is 2.55 bits per heavy atom. The molecular formula is C15H24N2O2S. The van der Waals surface area contributed by atoms with Gasteiger partial charge in [-0.15, -0.1) is 11.3 Å². The third-order valence-corrected chi connectivity index (χ3v) is 4.28. The van der Waals surface area contributed by atoms with E-state index in [4.69, 9.17) is 5.11 Å². The van der Waals surface area contributed by atoms with E-state index < -0.39 is 5.97 Å². The molecule has 0 unspecified atom stereocenters. The van der Waals surface area contributed by atoms with Crippen LogP contribution < -0.4 is 0 Å². The first-order valence-corrected chi connectivity index (χ1v) is 7.92. The van der Waals surface area contributed by atoms with E-state index in [1.54, 1.807) is 17.4 Å². The van der Waals surface area contributed by atoms with Gasteiger partial charge in [-0.3, -0.25) is 0 Å². The fourth-order valence-electron chi connectivity index (χ4n) is 1.97. The number of carboxylic acid groups (broad SMARTS) is 1. The molecule has 0 saturated heterocycles. The Kier molecular flexibility index (Phi) is 6.88. The topological polar surface area (TPSA) is 53.4 Å². The van der Waals surface area contributed by atoms with Crippen LogP contribution in [0.15, 0.2) is 6.08 Å². The Morgan fingerprint density at radius 2 is 2.05 bits per heavy atom. The first-order valence-electron chi connectivity index (χ1n) is 7.10. The van der Waals surface area contributed by atoms with E-state index in [-0.39, 0.29) is 0 Å². The van der Waals surface area contributed by atoms with Crippen LogP contribution in [0.3, 0.4) is 0 Å². The molecule has 0 amide bonds. The summed E-state index contributed by atoms with van der Waals surface area (Å²) in [6.45, 7) is 11.6. The minimum absolute atomic E-state index is 0.307. The highest BCUT2D eigenvalue weighted by Crippen LogP contribution is 2.26. The van der Waals surface area contributed by atoms with Crippen LogP contribution in [0.25, 0.3) is 6.08 Å². The second-order valence-electron chi connectivity index (χ2n) is 4.96. The Balaban J connectivity index is 2.83. The summed E-state index contributed by atoms with van der Waals surface area (Å²) in [6, 6.07) is 0. The first-order chi connectivity index (χ1) is 9.47. The molecule has 0 aliphatic heterocycles. The van der Waals surface area contributed by atoms with Crippen LogP contribution in [0.5, 0.6) is 0 Å². The lowest BCUT2D eigenvalue weighted by molar-refractivity contribution is -0.131. The standard InChI is InChI=1S/C15H24N2O2S/c1-5-17(6-2)10-9-13-16-15(11(3)4)12(20-13)7-8-14(18)19/h7-8,11H,5-6,9-10H2,1-4H3,(H,18,19)/b8-7+. The van der Waals surface area contributed by atoms with Gasteiger partial charge in [0, 0.05) is 19.0 Å². The van der Waals surface area contributed by atoms with Crippen LogP contribution in [0.4, 0.5) is 0 Å². The number of likely N-dealkylation sites (N-methyl/N-ethyl adjacent to an activating group) is 1. The van der Waals surface area contributed by atoms with E-state index in [9.17, 15) is 4.79 Å². The van der Waals surface area contributed by atoms with Gasteiger partial charge in [-0.1, -0.05) is 27.7 Å². The summed E-state index contributed by atoms with van der Waals surface area (Å²) in [6.07, 6.45) is 3.77.